The molecule has 0 atom stereocenters. The molecule has 23 heavy (non-hydrogen) atoms. The minimum atomic E-state index is -1.55. The van der Waals surface area contributed by atoms with Gasteiger partial charge >= 0.3 is 59.1 Å². The molecule has 1 heterocycles. The van der Waals surface area contributed by atoms with E-state index in [9.17, 15) is 24.6 Å². The number of thiazole rings is 1. The molecule has 0 spiro atoms. The van der Waals surface area contributed by atoms with Gasteiger partial charge < -0.3 is 24.7 Å². The van der Waals surface area contributed by atoms with Crippen LogP contribution in [0.15, 0.2) is 18.2 Å². The van der Waals surface area contributed by atoms with Crippen molar-refractivity contribution < 1.29 is 83.7 Å². The number of amides is 1. The third-order valence-corrected chi connectivity index (χ3v) is 3.62. The van der Waals surface area contributed by atoms with E-state index in [4.69, 9.17) is 0 Å². The largest absolute Gasteiger partial charge is 1.00 e. The standard InChI is InChI=1S/C13H12N2O5S.2Na/c1-7-14-9-4-8(2-3-10(9)21-7)13(20)15(5-11(16)17)6-12(18)19;;/h2-4H,5-6H2,1H3,(H,16,17)(H,18,19);;/q;2*+1/p-2. The number of fused-ring (bicyclic) bond motifs is 1. The van der Waals surface area contributed by atoms with Crippen molar-refractivity contribution >= 4 is 39.4 Å². The zero-order chi connectivity index (χ0) is 15.6. The molecule has 1 amide bonds. The molecule has 0 aliphatic rings. The fraction of sp³-hybridized carbons (Fsp3) is 0.231. The summed E-state index contributed by atoms with van der Waals surface area (Å²) in [5, 5.41) is 22.1. The van der Waals surface area contributed by atoms with E-state index in [0.29, 0.717) is 10.4 Å². The molecule has 0 saturated carbocycles. The summed E-state index contributed by atoms with van der Waals surface area (Å²) in [6.07, 6.45) is 0. The van der Waals surface area contributed by atoms with Crippen molar-refractivity contribution in [2.24, 2.45) is 0 Å². The summed E-state index contributed by atoms with van der Waals surface area (Å²) < 4.78 is 0.885. The van der Waals surface area contributed by atoms with Crippen molar-refractivity contribution in [3.63, 3.8) is 0 Å². The number of hydrogen-bond donors (Lipinski definition) is 0. The quantitative estimate of drug-likeness (QED) is 0.494. The molecule has 0 saturated heterocycles. The molecule has 2 rings (SSSR count). The second-order valence-corrected chi connectivity index (χ2v) is 5.56. The van der Waals surface area contributed by atoms with Gasteiger partial charge in [0.05, 0.1) is 40.3 Å². The molecule has 0 bridgehead atoms. The Labute approximate surface area is 180 Å². The SMILES string of the molecule is Cc1nc2cc(C(=O)N(CC(=O)[O-])CC(=O)[O-])ccc2s1.[Na+].[Na+]. The number of rotatable bonds is 5. The van der Waals surface area contributed by atoms with Crippen molar-refractivity contribution in [1.82, 2.24) is 9.88 Å². The maximum atomic E-state index is 12.2. The van der Waals surface area contributed by atoms with Gasteiger partial charge in [0.1, 0.15) is 0 Å². The number of aliphatic carboxylic acids is 2. The van der Waals surface area contributed by atoms with Crippen molar-refractivity contribution in [3.05, 3.63) is 28.8 Å². The Morgan fingerprint density at radius 3 is 2.22 bits per heavy atom. The third kappa shape index (κ3) is 6.15. The first-order valence-electron chi connectivity index (χ1n) is 5.93. The van der Waals surface area contributed by atoms with Crippen molar-refractivity contribution in [1.29, 1.82) is 0 Å². The van der Waals surface area contributed by atoms with Crippen LogP contribution >= 0.6 is 11.3 Å². The van der Waals surface area contributed by atoms with Crippen LogP contribution < -0.4 is 69.3 Å². The Morgan fingerprint density at radius 1 is 1.13 bits per heavy atom. The van der Waals surface area contributed by atoms with E-state index in [1.165, 1.54) is 23.5 Å². The fourth-order valence-corrected chi connectivity index (χ4v) is 2.68. The second kappa shape index (κ2) is 9.73. The van der Waals surface area contributed by atoms with Gasteiger partial charge in [-0.05, 0) is 25.1 Å². The Balaban J connectivity index is 0.00000242. The van der Waals surface area contributed by atoms with Gasteiger partial charge in [0.2, 0.25) is 0 Å². The van der Waals surface area contributed by atoms with Gasteiger partial charge in [-0.15, -0.1) is 11.3 Å². The summed E-state index contributed by atoms with van der Waals surface area (Å²) in [7, 11) is 0. The molecule has 1 aromatic carbocycles. The van der Waals surface area contributed by atoms with E-state index in [1.807, 2.05) is 6.92 Å². The van der Waals surface area contributed by atoms with Gasteiger partial charge in [-0.2, -0.15) is 0 Å². The fourth-order valence-electron chi connectivity index (χ4n) is 1.87. The number of carbonyl (C=O) groups excluding carboxylic acids is 3. The Hall–Kier alpha value is -0.480. The van der Waals surface area contributed by atoms with Crippen LogP contribution in [0.1, 0.15) is 15.4 Å². The third-order valence-electron chi connectivity index (χ3n) is 2.67. The maximum Gasteiger partial charge on any atom is 1.00 e. The zero-order valence-electron chi connectivity index (χ0n) is 13.0. The molecule has 0 N–H and O–H groups in total. The summed E-state index contributed by atoms with van der Waals surface area (Å²) in [4.78, 5) is 38.3. The number of benzene rings is 1. The van der Waals surface area contributed by atoms with Gasteiger partial charge in [0, 0.05) is 5.56 Å². The predicted molar refractivity (Wildman–Crippen MR) is 70.3 cm³/mol. The van der Waals surface area contributed by atoms with Gasteiger partial charge in [-0.1, -0.05) is 0 Å². The molecule has 0 radical (unpaired) electrons. The van der Waals surface area contributed by atoms with Gasteiger partial charge in [0.25, 0.3) is 5.91 Å². The molecule has 2 aromatic rings. The number of hydrogen-bond acceptors (Lipinski definition) is 7. The van der Waals surface area contributed by atoms with E-state index in [0.717, 1.165) is 9.71 Å². The van der Waals surface area contributed by atoms with E-state index in [-0.39, 0.29) is 64.7 Å². The average Bonchev–Trinajstić information content (AvgIpc) is 2.74. The van der Waals surface area contributed by atoms with Gasteiger partial charge in [-0.25, -0.2) is 4.98 Å². The topological polar surface area (TPSA) is 113 Å². The van der Waals surface area contributed by atoms with Crippen molar-refractivity contribution in [3.8, 4) is 0 Å². The average molecular weight is 352 g/mol. The second-order valence-electron chi connectivity index (χ2n) is 4.32. The first-order valence-corrected chi connectivity index (χ1v) is 6.74. The summed E-state index contributed by atoms with van der Waals surface area (Å²) in [5.41, 5.74) is 0.764. The molecule has 7 nitrogen and oxygen atoms in total. The molecule has 0 unspecified atom stereocenters. The van der Waals surface area contributed by atoms with Crippen LogP contribution in [0.5, 0.6) is 0 Å². The van der Waals surface area contributed by atoms with Crippen molar-refractivity contribution in [2.45, 2.75) is 6.92 Å². The number of carboxylic acids is 2. The number of carbonyl (C=O) groups is 3. The number of aryl methyl sites for hydroxylation is 1. The number of nitrogens with zero attached hydrogens (tertiary/aromatic N) is 2. The van der Waals surface area contributed by atoms with Crippen LogP contribution in [0.3, 0.4) is 0 Å². The van der Waals surface area contributed by atoms with Crippen LogP contribution in [-0.4, -0.2) is 40.8 Å². The summed E-state index contributed by atoms with van der Waals surface area (Å²) >= 11 is 1.46. The smallest absolute Gasteiger partial charge is 0.548 e. The summed E-state index contributed by atoms with van der Waals surface area (Å²) in [6.45, 7) is 0.187. The van der Waals surface area contributed by atoms with Crippen LogP contribution in [0.2, 0.25) is 0 Å². The Kier molecular flexibility index (Phi) is 9.53. The minimum Gasteiger partial charge on any atom is -0.548 e. The van der Waals surface area contributed by atoms with E-state index in [1.54, 1.807) is 6.07 Å². The molecule has 0 aliphatic heterocycles. The zero-order valence-corrected chi connectivity index (χ0v) is 17.8. The summed E-state index contributed by atoms with van der Waals surface area (Å²) in [5.74, 6) is -3.82. The summed E-state index contributed by atoms with van der Waals surface area (Å²) in [6, 6.07) is 4.68. The normalized spacial score (nSPS) is 9.61. The first kappa shape index (κ1) is 22.5. The monoisotopic (exact) mass is 352 g/mol. The van der Waals surface area contributed by atoms with Crippen molar-refractivity contribution in [2.75, 3.05) is 13.1 Å². The predicted octanol–water partition coefficient (Wildman–Crippen LogP) is -7.45. The van der Waals surface area contributed by atoms with E-state index < -0.39 is 30.9 Å². The molecule has 10 heteroatoms. The van der Waals surface area contributed by atoms with Crippen LogP contribution in [0.4, 0.5) is 0 Å². The van der Waals surface area contributed by atoms with Crippen LogP contribution in [0.25, 0.3) is 10.2 Å². The molecule has 0 fully saturated rings. The van der Waals surface area contributed by atoms with E-state index >= 15 is 0 Å². The first-order chi connectivity index (χ1) is 9.86. The molecular formula is C13H10N2Na2O5S. The molecule has 110 valence electrons. The van der Waals surface area contributed by atoms with Crippen LogP contribution in [0, 0.1) is 6.92 Å². The number of aromatic nitrogens is 1. The van der Waals surface area contributed by atoms with E-state index in [2.05, 4.69) is 4.98 Å². The molecular weight excluding hydrogens is 342 g/mol. The Bertz CT molecular complexity index is 718. The van der Waals surface area contributed by atoms with Crippen LogP contribution in [-0.2, 0) is 9.59 Å². The van der Waals surface area contributed by atoms with Gasteiger partial charge in [-0.3, -0.25) is 4.79 Å². The Morgan fingerprint density at radius 2 is 1.70 bits per heavy atom. The van der Waals surface area contributed by atoms with Gasteiger partial charge in [0.15, 0.2) is 0 Å². The minimum absolute atomic E-state index is 0. The number of carboxylic acid groups (broad SMARTS) is 2. The molecule has 0 aliphatic carbocycles. The maximum absolute atomic E-state index is 12.2. The molecule has 1 aromatic heterocycles.